The summed E-state index contributed by atoms with van der Waals surface area (Å²) in [6.07, 6.45) is 1.99. The number of aryl methyl sites for hydroxylation is 4. The van der Waals surface area contributed by atoms with Crippen molar-refractivity contribution in [2.24, 2.45) is 0 Å². The van der Waals surface area contributed by atoms with Gasteiger partial charge < -0.3 is 5.73 Å². The minimum Gasteiger partial charge on any atom is -0.384 e. The number of hydrogen-bond acceptors (Lipinski definition) is 3. The summed E-state index contributed by atoms with van der Waals surface area (Å²) in [5.41, 5.74) is 13.8. The molecular formula is C18H22N4. The zero-order valence-corrected chi connectivity index (χ0v) is 13.6. The molecule has 0 spiro atoms. The van der Waals surface area contributed by atoms with Crippen LogP contribution in [0.4, 0.5) is 5.82 Å². The monoisotopic (exact) mass is 294 g/mol. The van der Waals surface area contributed by atoms with Gasteiger partial charge in [-0.3, -0.25) is 0 Å². The molecule has 2 N–H and O–H groups in total. The lowest BCUT2D eigenvalue weighted by atomic mass is 9.96. The second-order valence-electron chi connectivity index (χ2n) is 5.88. The Morgan fingerprint density at radius 2 is 1.77 bits per heavy atom. The maximum absolute atomic E-state index is 6.04. The lowest BCUT2D eigenvalue weighted by Crippen LogP contribution is -2.03. The number of fused-ring (bicyclic) bond motifs is 1. The molecular weight excluding hydrogens is 272 g/mol. The fraction of sp³-hybridized carbons (Fsp3) is 0.333. The number of rotatable bonds is 3. The van der Waals surface area contributed by atoms with Crippen molar-refractivity contribution in [1.82, 2.24) is 14.6 Å². The largest absolute Gasteiger partial charge is 0.384 e. The Balaban J connectivity index is 2.38. The summed E-state index contributed by atoms with van der Waals surface area (Å²) in [7, 11) is 0. The lowest BCUT2D eigenvalue weighted by molar-refractivity contribution is 0.791. The van der Waals surface area contributed by atoms with Gasteiger partial charge in [0, 0.05) is 11.8 Å². The quantitative estimate of drug-likeness (QED) is 0.798. The van der Waals surface area contributed by atoms with Crippen LogP contribution in [-0.4, -0.2) is 14.6 Å². The number of nitrogens with zero attached hydrogens (tertiary/aromatic N) is 3. The molecule has 0 aliphatic heterocycles. The van der Waals surface area contributed by atoms with E-state index in [1.807, 2.05) is 17.5 Å². The highest BCUT2D eigenvalue weighted by molar-refractivity contribution is 5.84. The van der Waals surface area contributed by atoms with Gasteiger partial charge in [-0.15, -0.1) is 0 Å². The van der Waals surface area contributed by atoms with E-state index in [0.29, 0.717) is 5.82 Å². The van der Waals surface area contributed by atoms with Crippen molar-refractivity contribution >= 4 is 11.5 Å². The molecule has 0 saturated heterocycles. The van der Waals surface area contributed by atoms with E-state index in [4.69, 9.17) is 10.8 Å². The first kappa shape index (κ1) is 14.6. The first-order chi connectivity index (χ1) is 10.5. The first-order valence-electron chi connectivity index (χ1n) is 7.74. The first-order valence-corrected chi connectivity index (χ1v) is 7.74. The molecule has 0 aliphatic rings. The predicted molar refractivity (Wildman–Crippen MR) is 91.0 cm³/mol. The van der Waals surface area contributed by atoms with E-state index in [0.717, 1.165) is 35.4 Å². The van der Waals surface area contributed by atoms with E-state index in [1.54, 1.807) is 0 Å². The Morgan fingerprint density at radius 3 is 2.41 bits per heavy atom. The number of anilines is 1. The van der Waals surface area contributed by atoms with E-state index in [1.165, 1.54) is 16.7 Å². The van der Waals surface area contributed by atoms with Gasteiger partial charge in [0.2, 0.25) is 0 Å². The third-order valence-corrected chi connectivity index (χ3v) is 4.09. The smallest absolute Gasteiger partial charge is 0.165 e. The van der Waals surface area contributed by atoms with Gasteiger partial charge in [-0.2, -0.15) is 5.10 Å². The minimum atomic E-state index is 0.559. The Labute approximate surface area is 131 Å². The van der Waals surface area contributed by atoms with E-state index in [9.17, 15) is 0 Å². The molecule has 0 bridgehead atoms. The van der Waals surface area contributed by atoms with Crippen LogP contribution in [0.1, 0.15) is 35.9 Å². The van der Waals surface area contributed by atoms with Crippen molar-refractivity contribution in [3.05, 3.63) is 46.8 Å². The van der Waals surface area contributed by atoms with Gasteiger partial charge in [0.25, 0.3) is 0 Å². The van der Waals surface area contributed by atoms with Crippen molar-refractivity contribution in [2.75, 3.05) is 5.73 Å². The van der Waals surface area contributed by atoms with Crippen LogP contribution in [0.5, 0.6) is 0 Å². The molecule has 3 rings (SSSR count). The van der Waals surface area contributed by atoms with Gasteiger partial charge in [0.05, 0.1) is 11.3 Å². The highest BCUT2D eigenvalue weighted by Crippen LogP contribution is 2.33. The van der Waals surface area contributed by atoms with Crippen LogP contribution < -0.4 is 5.73 Å². The zero-order chi connectivity index (χ0) is 15.9. The van der Waals surface area contributed by atoms with Crippen molar-refractivity contribution in [2.45, 2.75) is 40.5 Å². The van der Waals surface area contributed by atoms with Crippen LogP contribution in [0.2, 0.25) is 0 Å². The number of nitrogen functional groups attached to an aromatic ring is 1. The van der Waals surface area contributed by atoms with Crippen LogP contribution >= 0.6 is 0 Å². The SMILES string of the molecule is CCCc1cc(N)nc2c(-c3c(C)cccc3C)c(C)nn12. The lowest BCUT2D eigenvalue weighted by Gasteiger charge is -2.10. The normalized spacial score (nSPS) is 11.3. The van der Waals surface area contributed by atoms with E-state index in [2.05, 4.69) is 44.0 Å². The summed E-state index contributed by atoms with van der Waals surface area (Å²) >= 11 is 0. The summed E-state index contributed by atoms with van der Waals surface area (Å²) in [6, 6.07) is 8.27. The Bertz CT molecular complexity index is 826. The van der Waals surface area contributed by atoms with E-state index in [-0.39, 0.29) is 0 Å². The molecule has 0 atom stereocenters. The van der Waals surface area contributed by atoms with Gasteiger partial charge in [0.1, 0.15) is 5.82 Å². The number of nitrogens with two attached hydrogens (primary N) is 1. The van der Waals surface area contributed by atoms with Gasteiger partial charge in [0.15, 0.2) is 5.65 Å². The predicted octanol–water partition coefficient (Wildman–Crippen LogP) is 3.86. The summed E-state index contributed by atoms with van der Waals surface area (Å²) in [4.78, 5) is 4.58. The number of aromatic nitrogens is 3. The standard InChI is InChI=1S/C18H22N4/c1-5-7-14-10-15(19)20-18-17(13(4)21-22(14)18)16-11(2)8-6-9-12(16)3/h6,8-10H,5,7H2,1-4H3,(H2,19,20). The van der Waals surface area contributed by atoms with E-state index < -0.39 is 0 Å². The minimum absolute atomic E-state index is 0.559. The van der Waals surface area contributed by atoms with Gasteiger partial charge in [-0.1, -0.05) is 31.5 Å². The molecule has 114 valence electrons. The van der Waals surface area contributed by atoms with Crippen molar-refractivity contribution in [1.29, 1.82) is 0 Å². The molecule has 1 aromatic carbocycles. The molecule has 4 heteroatoms. The summed E-state index contributed by atoms with van der Waals surface area (Å²) < 4.78 is 1.95. The van der Waals surface area contributed by atoms with Crippen LogP contribution in [-0.2, 0) is 6.42 Å². The topological polar surface area (TPSA) is 56.2 Å². The summed E-state index contributed by atoms with van der Waals surface area (Å²) in [5.74, 6) is 0.559. The average Bonchev–Trinajstić information content (AvgIpc) is 2.76. The second-order valence-corrected chi connectivity index (χ2v) is 5.88. The molecule has 0 aliphatic carbocycles. The Hall–Kier alpha value is -2.36. The molecule has 2 heterocycles. The number of hydrogen-bond donors (Lipinski definition) is 1. The van der Waals surface area contributed by atoms with Gasteiger partial charge >= 0.3 is 0 Å². The molecule has 0 fully saturated rings. The molecule has 2 aromatic heterocycles. The molecule has 4 nitrogen and oxygen atoms in total. The van der Waals surface area contributed by atoms with Crippen LogP contribution in [0.3, 0.4) is 0 Å². The van der Waals surface area contributed by atoms with Gasteiger partial charge in [-0.25, -0.2) is 9.50 Å². The van der Waals surface area contributed by atoms with Crippen molar-refractivity contribution in [3.8, 4) is 11.1 Å². The Kier molecular flexibility index (Phi) is 3.61. The van der Waals surface area contributed by atoms with Crippen molar-refractivity contribution in [3.63, 3.8) is 0 Å². The molecule has 0 radical (unpaired) electrons. The van der Waals surface area contributed by atoms with Crippen molar-refractivity contribution < 1.29 is 0 Å². The second kappa shape index (κ2) is 5.44. The molecule has 0 saturated carbocycles. The summed E-state index contributed by atoms with van der Waals surface area (Å²) in [6.45, 7) is 8.46. The van der Waals surface area contributed by atoms with Crippen LogP contribution in [0.15, 0.2) is 24.3 Å². The molecule has 22 heavy (non-hydrogen) atoms. The average molecular weight is 294 g/mol. The van der Waals surface area contributed by atoms with E-state index >= 15 is 0 Å². The zero-order valence-electron chi connectivity index (χ0n) is 13.6. The number of benzene rings is 1. The fourth-order valence-electron chi connectivity index (χ4n) is 3.14. The highest BCUT2D eigenvalue weighted by Gasteiger charge is 2.18. The third-order valence-electron chi connectivity index (χ3n) is 4.09. The molecule has 3 aromatic rings. The maximum atomic E-state index is 6.04. The summed E-state index contributed by atoms with van der Waals surface area (Å²) in [5, 5.41) is 4.73. The molecule has 0 amide bonds. The van der Waals surface area contributed by atoms with Crippen LogP contribution in [0, 0.1) is 20.8 Å². The van der Waals surface area contributed by atoms with Gasteiger partial charge in [-0.05, 0) is 43.9 Å². The van der Waals surface area contributed by atoms with Crippen LogP contribution in [0.25, 0.3) is 16.8 Å². The molecule has 0 unspecified atom stereocenters. The Morgan fingerprint density at radius 1 is 1.09 bits per heavy atom. The maximum Gasteiger partial charge on any atom is 0.165 e. The third kappa shape index (κ3) is 2.25. The fourth-order valence-corrected chi connectivity index (χ4v) is 3.14. The highest BCUT2D eigenvalue weighted by atomic mass is 15.3.